The van der Waals surface area contributed by atoms with Gasteiger partial charge in [-0.25, -0.2) is 0 Å². The Morgan fingerprint density at radius 3 is 2.00 bits per heavy atom. The lowest BCUT2D eigenvalue weighted by Crippen LogP contribution is -2.56. The molecule has 0 aromatic heterocycles. The minimum absolute atomic E-state index is 0.184. The van der Waals surface area contributed by atoms with Gasteiger partial charge in [-0.05, 0) is 73.8 Å². The summed E-state index contributed by atoms with van der Waals surface area (Å²) in [6.45, 7) is 5.16. The molecule has 2 aliphatic heterocycles. The lowest BCUT2D eigenvalue weighted by Gasteiger charge is -2.57. The molecule has 0 spiro atoms. The number of anilines is 2. The van der Waals surface area contributed by atoms with E-state index in [1.807, 2.05) is 29.2 Å². The number of carbonyl (C=O) groups excluding carboxylic acids is 2. The van der Waals surface area contributed by atoms with Gasteiger partial charge in [0, 0.05) is 32.7 Å². The Kier molecular flexibility index (Phi) is 5.46. The topological polar surface area (TPSA) is 79.1 Å². The molecule has 7 heteroatoms. The SMILES string of the molecule is NC1C(=O)N(CCN2CCOCC2)c2ccccc2N(CC23CC4CC(CC(C4)C2)C3)C1=O. The number of ether oxygens (including phenoxy) is 1. The number of nitrogens with two attached hydrogens (primary N) is 1. The maximum atomic E-state index is 13.6. The molecule has 0 radical (unpaired) electrons. The molecule has 178 valence electrons. The second kappa shape index (κ2) is 8.36. The van der Waals surface area contributed by atoms with Gasteiger partial charge in [-0.1, -0.05) is 12.1 Å². The second-order valence-electron chi connectivity index (χ2n) is 11.3. The Morgan fingerprint density at radius 2 is 1.39 bits per heavy atom. The number of carbonyl (C=O) groups is 2. The number of fused-ring (bicyclic) bond motifs is 1. The molecule has 2 heterocycles. The van der Waals surface area contributed by atoms with Crippen LogP contribution in [0.1, 0.15) is 38.5 Å². The highest BCUT2D eigenvalue weighted by molar-refractivity contribution is 6.20. The number of para-hydroxylation sites is 2. The number of rotatable bonds is 5. The van der Waals surface area contributed by atoms with Crippen molar-refractivity contribution in [2.24, 2.45) is 28.9 Å². The van der Waals surface area contributed by atoms with Crippen molar-refractivity contribution in [3.05, 3.63) is 24.3 Å². The van der Waals surface area contributed by atoms with Crippen molar-refractivity contribution >= 4 is 23.2 Å². The van der Waals surface area contributed by atoms with Crippen LogP contribution >= 0.6 is 0 Å². The molecule has 1 aromatic rings. The van der Waals surface area contributed by atoms with E-state index in [0.29, 0.717) is 13.1 Å². The van der Waals surface area contributed by atoms with Crippen LogP contribution in [0.4, 0.5) is 11.4 Å². The third-order valence-electron chi connectivity index (χ3n) is 8.93. The Bertz CT molecular complexity index is 893. The van der Waals surface area contributed by atoms with E-state index in [9.17, 15) is 9.59 Å². The first-order valence-electron chi connectivity index (χ1n) is 12.8. The zero-order valence-corrected chi connectivity index (χ0v) is 19.5. The average molecular weight is 453 g/mol. The first-order chi connectivity index (χ1) is 16.0. The van der Waals surface area contributed by atoms with Gasteiger partial charge < -0.3 is 20.3 Å². The molecule has 1 aromatic carbocycles. The van der Waals surface area contributed by atoms with E-state index in [2.05, 4.69) is 4.90 Å². The van der Waals surface area contributed by atoms with Gasteiger partial charge in [-0.3, -0.25) is 14.5 Å². The second-order valence-corrected chi connectivity index (χ2v) is 11.3. The molecule has 1 atom stereocenters. The molecule has 4 bridgehead atoms. The van der Waals surface area contributed by atoms with Crippen molar-refractivity contribution in [1.82, 2.24) is 4.90 Å². The zero-order valence-electron chi connectivity index (χ0n) is 19.5. The lowest BCUT2D eigenvalue weighted by molar-refractivity contribution is -0.129. The van der Waals surface area contributed by atoms with E-state index in [0.717, 1.165) is 62.0 Å². The maximum absolute atomic E-state index is 13.6. The third kappa shape index (κ3) is 3.88. The Labute approximate surface area is 196 Å². The van der Waals surface area contributed by atoms with Gasteiger partial charge >= 0.3 is 0 Å². The fourth-order valence-corrected chi connectivity index (χ4v) is 7.88. The van der Waals surface area contributed by atoms with E-state index < -0.39 is 6.04 Å². The highest BCUT2D eigenvalue weighted by Crippen LogP contribution is 2.60. The first-order valence-corrected chi connectivity index (χ1v) is 12.8. The Hall–Kier alpha value is -1.96. The van der Waals surface area contributed by atoms with Crippen LogP contribution in [-0.4, -0.2) is 68.7 Å². The molecule has 7 rings (SSSR count). The van der Waals surface area contributed by atoms with Crippen LogP contribution < -0.4 is 15.5 Å². The fourth-order valence-electron chi connectivity index (χ4n) is 7.88. The molecule has 2 amide bonds. The summed E-state index contributed by atoms with van der Waals surface area (Å²) >= 11 is 0. The largest absolute Gasteiger partial charge is 0.379 e. The number of hydrogen-bond donors (Lipinski definition) is 1. The summed E-state index contributed by atoms with van der Waals surface area (Å²) in [7, 11) is 0. The van der Waals surface area contributed by atoms with Crippen molar-refractivity contribution in [1.29, 1.82) is 0 Å². The van der Waals surface area contributed by atoms with Crippen LogP contribution in [0, 0.1) is 23.2 Å². The van der Waals surface area contributed by atoms with Crippen LogP contribution in [0.2, 0.25) is 0 Å². The van der Waals surface area contributed by atoms with Crippen molar-refractivity contribution < 1.29 is 14.3 Å². The lowest BCUT2D eigenvalue weighted by atomic mass is 9.49. The summed E-state index contributed by atoms with van der Waals surface area (Å²) in [6, 6.07) is 6.76. The number of morpholine rings is 1. The highest BCUT2D eigenvalue weighted by Gasteiger charge is 2.52. The molecular weight excluding hydrogens is 416 g/mol. The summed E-state index contributed by atoms with van der Waals surface area (Å²) in [5.41, 5.74) is 8.20. The highest BCUT2D eigenvalue weighted by atomic mass is 16.5. The number of hydrogen-bond acceptors (Lipinski definition) is 5. The van der Waals surface area contributed by atoms with E-state index in [1.54, 1.807) is 4.90 Å². The zero-order chi connectivity index (χ0) is 22.6. The summed E-state index contributed by atoms with van der Waals surface area (Å²) in [6.07, 6.45) is 7.77. The molecule has 4 saturated carbocycles. The predicted molar refractivity (Wildman–Crippen MR) is 127 cm³/mol. The quantitative estimate of drug-likeness (QED) is 0.694. The van der Waals surface area contributed by atoms with E-state index >= 15 is 0 Å². The third-order valence-corrected chi connectivity index (χ3v) is 8.93. The van der Waals surface area contributed by atoms with Gasteiger partial charge in [0.25, 0.3) is 11.8 Å². The molecule has 2 N–H and O–H groups in total. The summed E-state index contributed by atoms with van der Waals surface area (Å²) in [5, 5.41) is 0. The molecule has 4 aliphatic carbocycles. The average Bonchev–Trinajstić information content (AvgIpc) is 2.88. The minimum atomic E-state index is -1.14. The normalized spacial score (nSPS) is 36.3. The number of nitrogens with zero attached hydrogens (tertiary/aromatic N) is 3. The number of amides is 2. The van der Waals surface area contributed by atoms with Crippen molar-refractivity contribution in [3.8, 4) is 0 Å². The minimum Gasteiger partial charge on any atom is -0.379 e. The standard InChI is InChI=1S/C26H36N4O3/c27-23-24(31)29(6-5-28-7-9-33-10-8-28)21-3-1-2-4-22(21)30(25(23)32)17-26-14-18-11-19(15-26)13-20(12-18)16-26/h1-4,18-20,23H,5-17,27H2. The molecular formula is C26H36N4O3. The van der Waals surface area contributed by atoms with E-state index in [-0.39, 0.29) is 17.2 Å². The van der Waals surface area contributed by atoms with Gasteiger partial charge in [-0.2, -0.15) is 0 Å². The van der Waals surface area contributed by atoms with Crippen molar-refractivity contribution in [2.75, 3.05) is 55.7 Å². The monoisotopic (exact) mass is 452 g/mol. The first kappa shape index (κ1) is 21.6. The van der Waals surface area contributed by atoms with Crippen LogP contribution in [0.25, 0.3) is 0 Å². The van der Waals surface area contributed by atoms with Crippen LogP contribution in [-0.2, 0) is 14.3 Å². The molecule has 1 saturated heterocycles. The maximum Gasteiger partial charge on any atom is 0.253 e. The Morgan fingerprint density at radius 1 is 0.848 bits per heavy atom. The predicted octanol–water partition coefficient (Wildman–Crippen LogP) is 2.24. The van der Waals surface area contributed by atoms with Crippen LogP contribution in [0.5, 0.6) is 0 Å². The number of benzene rings is 1. The summed E-state index contributed by atoms with van der Waals surface area (Å²) in [5.74, 6) is 1.92. The van der Waals surface area contributed by atoms with Gasteiger partial charge in [0.15, 0.2) is 6.04 Å². The van der Waals surface area contributed by atoms with Gasteiger partial charge in [0.2, 0.25) is 0 Å². The summed E-state index contributed by atoms with van der Waals surface area (Å²) < 4.78 is 5.46. The molecule has 1 unspecified atom stereocenters. The van der Waals surface area contributed by atoms with Gasteiger partial charge in [0.1, 0.15) is 0 Å². The molecule has 5 fully saturated rings. The van der Waals surface area contributed by atoms with Gasteiger partial charge in [-0.15, -0.1) is 0 Å². The van der Waals surface area contributed by atoms with Crippen LogP contribution in [0.3, 0.4) is 0 Å². The van der Waals surface area contributed by atoms with E-state index in [4.69, 9.17) is 10.5 Å². The van der Waals surface area contributed by atoms with Crippen molar-refractivity contribution in [3.63, 3.8) is 0 Å². The van der Waals surface area contributed by atoms with Crippen molar-refractivity contribution in [2.45, 2.75) is 44.6 Å². The van der Waals surface area contributed by atoms with Gasteiger partial charge in [0.05, 0.1) is 24.6 Å². The van der Waals surface area contributed by atoms with E-state index in [1.165, 1.54) is 38.5 Å². The summed E-state index contributed by atoms with van der Waals surface area (Å²) in [4.78, 5) is 33.0. The molecule has 33 heavy (non-hydrogen) atoms. The smallest absolute Gasteiger partial charge is 0.253 e. The molecule has 6 aliphatic rings. The van der Waals surface area contributed by atoms with Crippen LogP contribution in [0.15, 0.2) is 24.3 Å². The molecule has 7 nitrogen and oxygen atoms in total. The Balaban J connectivity index is 1.30. The fraction of sp³-hybridized carbons (Fsp3) is 0.692.